The minimum Gasteiger partial charge on any atom is -0.475 e. The summed E-state index contributed by atoms with van der Waals surface area (Å²) in [6.07, 6.45) is 3.50. The molecule has 0 saturated heterocycles. The van der Waals surface area contributed by atoms with E-state index in [9.17, 15) is 26.7 Å². The van der Waals surface area contributed by atoms with Gasteiger partial charge in [0.2, 0.25) is 10.0 Å². The van der Waals surface area contributed by atoms with Crippen LogP contribution in [0.4, 0.5) is 13.2 Å². The Balaban J connectivity index is 0.000000454. The summed E-state index contributed by atoms with van der Waals surface area (Å²) in [5.41, 5.74) is 3.01. The van der Waals surface area contributed by atoms with Gasteiger partial charge >= 0.3 is 12.1 Å². The highest BCUT2D eigenvalue weighted by atomic mass is 32.2. The Hall–Kier alpha value is -3.36. The molecular formula is C22H24F3N5O5S. The van der Waals surface area contributed by atoms with E-state index in [2.05, 4.69) is 24.7 Å². The Bertz CT molecular complexity index is 1310. The molecule has 3 aromatic rings. The molecule has 1 aliphatic carbocycles. The van der Waals surface area contributed by atoms with Gasteiger partial charge in [-0.05, 0) is 56.4 Å². The first-order valence-corrected chi connectivity index (χ1v) is 12.3. The van der Waals surface area contributed by atoms with Crippen LogP contribution < -0.4 is 4.72 Å². The summed E-state index contributed by atoms with van der Waals surface area (Å²) in [5, 5.41) is 16.7. The lowest BCUT2D eigenvalue weighted by Gasteiger charge is -2.25. The average Bonchev–Trinajstić information content (AvgIpc) is 3.27. The van der Waals surface area contributed by atoms with Crippen molar-refractivity contribution in [2.75, 3.05) is 0 Å². The predicted octanol–water partition coefficient (Wildman–Crippen LogP) is 3.06. The number of rotatable bonds is 5. The van der Waals surface area contributed by atoms with Gasteiger partial charge in [-0.1, -0.05) is 0 Å². The van der Waals surface area contributed by atoms with Gasteiger partial charge in [-0.25, -0.2) is 22.9 Å². The molecule has 1 saturated carbocycles. The van der Waals surface area contributed by atoms with E-state index in [0.717, 1.165) is 11.3 Å². The van der Waals surface area contributed by atoms with Crippen LogP contribution in [0.5, 0.6) is 0 Å². The van der Waals surface area contributed by atoms with Crippen molar-refractivity contribution in [3.05, 3.63) is 48.7 Å². The molecule has 1 fully saturated rings. The molecule has 14 heteroatoms. The second-order valence-corrected chi connectivity index (χ2v) is 9.87. The molecule has 194 valence electrons. The summed E-state index contributed by atoms with van der Waals surface area (Å²) in [6, 6.07) is 5.10. The summed E-state index contributed by atoms with van der Waals surface area (Å²) < 4.78 is 60.1. The number of aromatic amines is 1. The van der Waals surface area contributed by atoms with Crippen LogP contribution in [0.25, 0.3) is 22.6 Å². The number of nitrogens with one attached hydrogen (secondary N) is 2. The summed E-state index contributed by atoms with van der Waals surface area (Å²) in [7, 11) is -3.70. The predicted molar refractivity (Wildman–Crippen MR) is 122 cm³/mol. The van der Waals surface area contributed by atoms with Gasteiger partial charge in [-0.2, -0.15) is 13.2 Å². The van der Waals surface area contributed by atoms with E-state index in [1.54, 1.807) is 24.7 Å². The number of nitrogens with zero attached hydrogens (tertiary/aromatic N) is 3. The standard InChI is InChI=1S/C20H23N5O3S.C2HF3O2/c1-13-10-23-20(24-13)19-9-14(6-7-22-19)15-8-18(12-21-11-15)29(27,28)25-16-2-4-17(26)5-3-16;3-2(4,5)1(6)7/h6-12,16-17,25-26H,2-5H2,1H3,(H,23,24);(H,6,7). The van der Waals surface area contributed by atoms with E-state index in [1.165, 1.54) is 6.20 Å². The Morgan fingerprint density at radius 1 is 1.14 bits per heavy atom. The number of carboxylic acids is 1. The molecule has 0 atom stereocenters. The summed E-state index contributed by atoms with van der Waals surface area (Å²) in [6.45, 7) is 1.89. The Kier molecular flexibility index (Phi) is 8.43. The van der Waals surface area contributed by atoms with Crippen molar-refractivity contribution in [2.45, 2.75) is 55.8 Å². The molecule has 0 unspecified atom stereocenters. The number of hydrogen-bond acceptors (Lipinski definition) is 7. The van der Waals surface area contributed by atoms with E-state index in [0.29, 0.717) is 42.8 Å². The van der Waals surface area contributed by atoms with Crippen LogP contribution >= 0.6 is 0 Å². The molecule has 0 amide bonds. The minimum absolute atomic E-state index is 0.119. The van der Waals surface area contributed by atoms with Crippen molar-refractivity contribution in [3.63, 3.8) is 0 Å². The summed E-state index contributed by atoms with van der Waals surface area (Å²) in [5.74, 6) is -2.10. The fourth-order valence-corrected chi connectivity index (χ4v) is 4.78. The number of carbonyl (C=O) groups is 1. The maximum absolute atomic E-state index is 12.8. The van der Waals surface area contributed by atoms with E-state index < -0.39 is 22.2 Å². The second kappa shape index (κ2) is 11.1. The number of aryl methyl sites for hydroxylation is 1. The van der Waals surface area contributed by atoms with Crippen LogP contribution in [-0.4, -0.2) is 62.9 Å². The topological polar surface area (TPSA) is 158 Å². The van der Waals surface area contributed by atoms with Crippen LogP contribution in [-0.2, 0) is 14.8 Å². The quantitative estimate of drug-likeness (QED) is 0.394. The van der Waals surface area contributed by atoms with Crippen molar-refractivity contribution >= 4 is 16.0 Å². The molecule has 1 aliphatic rings. The minimum atomic E-state index is -5.08. The fraction of sp³-hybridized carbons (Fsp3) is 0.364. The summed E-state index contributed by atoms with van der Waals surface area (Å²) >= 11 is 0. The van der Waals surface area contributed by atoms with Crippen LogP contribution in [0.1, 0.15) is 31.4 Å². The molecule has 0 radical (unpaired) electrons. The zero-order valence-corrected chi connectivity index (χ0v) is 19.8. The number of imidazole rings is 1. The lowest BCUT2D eigenvalue weighted by atomic mass is 9.94. The normalized spacial score (nSPS) is 18.2. The Morgan fingerprint density at radius 2 is 1.81 bits per heavy atom. The SMILES string of the molecule is Cc1c[nH]c(-c2cc(-c3cncc(S(=O)(=O)NC4CCC(O)CC4)c3)ccn2)n1.O=C(O)C(F)(F)F. The number of carboxylic acid groups (broad SMARTS) is 1. The van der Waals surface area contributed by atoms with Crippen molar-refractivity contribution in [3.8, 4) is 22.6 Å². The van der Waals surface area contributed by atoms with E-state index in [-0.39, 0.29) is 17.0 Å². The number of aliphatic carboxylic acids is 1. The number of aliphatic hydroxyl groups excluding tert-OH is 1. The van der Waals surface area contributed by atoms with Crippen molar-refractivity contribution < 1.29 is 36.6 Å². The number of alkyl halides is 3. The number of pyridine rings is 2. The molecular weight excluding hydrogens is 503 g/mol. The maximum Gasteiger partial charge on any atom is 0.490 e. The Labute approximate surface area is 204 Å². The van der Waals surface area contributed by atoms with Gasteiger partial charge in [0.25, 0.3) is 0 Å². The third kappa shape index (κ3) is 7.32. The molecule has 3 heterocycles. The number of hydrogen-bond donors (Lipinski definition) is 4. The van der Waals surface area contributed by atoms with E-state index >= 15 is 0 Å². The highest BCUT2D eigenvalue weighted by Gasteiger charge is 2.38. The molecule has 36 heavy (non-hydrogen) atoms. The molecule has 0 aliphatic heterocycles. The van der Waals surface area contributed by atoms with Crippen molar-refractivity contribution in [1.82, 2.24) is 24.7 Å². The van der Waals surface area contributed by atoms with Gasteiger partial charge in [0.1, 0.15) is 10.6 Å². The van der Waals surface area contributed by atoms with Crippen molar-refractivity contribution in [2.24, 2.45) is 0 Å². The van der Waals surface area contributed by atoms with Gasteiger partial charge < -0.3 is 15.2 Å². The van der Waals surface area contributed by atoms with Crippen LogP contribution in [0, 0.1) is 6.92 Å². The first-order chi connectivity index (χ1) is 16.8. The molecule has 0 spiro atoms. The third-order valence-electron chi connectivity index (χ3n) is 5.33. The van der Waals surface area contributed by atoms with Gasteiger partial charge in [0.05, 0.1) is 11.8 Å². The molecule has 4 rings (SSSR count). The average molecular weight is 528 g/mol. The Morgan fingerprint density at radius 3 is 2.39 bits per heavy atom. The summed E-state index contributed by atoms with van der Waals surface area (Å²) in [4.78, 5) is 24.9. The highest BCUT2D eigenvalue weighted by molar-refractivity contribution is 7.89. The van der Waals surface area contributed by atoms with E-state index in [1.807, 2.05) is 19.1 Å². The number of aromatic nitrogens is 4. The second-order valence-electron chi connectivity index (χ2n) is 8.16. The highest BCUT2D eigenvalue weighted by Crippen LogP contribution is 2.26. The third-order valence-corrected chi connectivity index (χ3v) is 6.81. The first-order valence-electron chi connectivity index (χ1n) is 10.8. The lowest BCUT2D eigenvalue weighted by molar-refractivity contribution is -0.192. The number of aliphatic hydroxyl groups is 1. The van der Waals surface area contributed by atoms with Gasteiger partial charge in [0, 0.05) is 36.4 Å². The number of H-pyrrole nitrogens is 1. The molecule has 0 aromatic carbocycles. The molecule has 0 bridgehead atoms. The number of sulfonamides is 1. The lowest BCUT2D eigenvalue weighted by Crippen LogP contribution is -2.38. The van der Waals surface area contributed by atoms with Gasteiger partial charge in [-0.3, -0.25) is 9.97 Å². The zero-order chi connectivity index (χ0) is 26.5. The first kappa shape index (κ1) is 27.2. The smallest absolute Gasteiger partial charge is 0.475 e. The molecule has 3 aromatic heterocycles. The zero-order valence-electron chi connectivity index (χ0n) is 19.0. The molecule has 4 N–H and O–H groups in total. The molecule has 10 nitrogen and oxygen atoms in total. The number of halogens is 3. The van der Waals surface area contributed by atoms with Gasteiger partial charge in [0.15, 0.2) is 5.82 Å². The van der Waals surface area contributed by atoms with Crippen LogP contribution in [0.15, 0.2) is 47.9 Å². The monoisotopic (exact) mass is 527 g/mol. The van der Waals surface area contributed by atoms with Gasteiger partial charge in [-0.15, -0.1) is 0 Å². The largest absolute Gasteiger partial charge is 0.490 e. The van der Waals surface area contributed by atoms with Crippen molar-refractivity contribution in [1.29, 1.82) is 0 Å². The van der Waals surface area contributed by atoms with Crippen LogP contribution in [0.3, 0.4) is 0 Å². The fourth-order valence-electron chi connectivity index (χ4n) is 3.49. The maximum atomic E-state index is 12.8. The van der Waals surface area contributed by atoms with E-state index in [4.69, 9.17) is 9.90 Å². The van der Waals surface area contributed by atoms with Crippen LogP contribution in [0.2, 0.25) is 0 Å².